The third-order valence-corrected chi connectivity index (χ3v) is 9.17. The van der Waals surface area contributed by atoms with Crippen molar-refractivity contribution in [2.75, 3.05) is 6.61 Å². The summed E-state index contributed by atoms with van der Waals surface area (Å²) in [5.74, 6) is -0.0459. The fourth-order valence-corrected chi connectivity index (χ4v) is 5.93. The molecule has 0 heterocycles. The minimum Gasteiger partial charge on any atom is -0.394 e. The molecule has 0 spiro atoms. The summed E-state index contributed by atoms with van der Waals surface area (Å²) in [6, 6.07) is -0.542. The van der Waals surface area contributed by atoms with Crippen molar-refractivity contribution in [3.8, 4) is 0 Å². The number of unbranched alkanes of at least 4 members (excludes halogenated alkanes) is 16. The van der Waals surface area contributed by atoms with E-state index in [-0.39, 0.29) is 12.5 Å². The lowest BCUT2D eigenvalue weighted by Crippen LogP contribution is -2.45. The number of allylic oxidation sites excluding steroid dienone is 14. The zero-order chi connectivity index (χ0) is 37.1. The van der Waals surface area contributed by atoms with E-state index in [1.165, 1.54) is 89.9 Å². The molecule has 0 aromatic heterocycles. The summed E-state index contributed by atoms with van der Waals surface area (Å²) in [4.78, 5) is 12.3. The van der Waals surface area contributed by atoms with Crippen LogP contribution in [0, 0.1) is 0 Å². The number of hydrogen-bond acceptors (Lipinski definition) is 3. The summed E-state index contributed by atoms with van der Waals surface area (Å²) >= 11 is 0. The second-order valence-electron chi connectivity index (χ2n) is 14.0. The first-order valence-corrected chi connectivity index (χ1v) is 21.3. The molecular formula is C47H81NO3. The molecule has 0 radical (unpaired) electrons. The van der Waals surface area contributed by atoms with Crippen LogP contribution in [0.1, 0.15) is 187 Å². The van der Waals surface area contributed by atoms with Crippen molar-refractivity contribution in [1.29, 1.82) is 0 Å². The maximum Gasteiger partial charge on any atom is 0.220 e. The van der Waals surface area contributed by atoms with Gasteiger partial charge in [0.2, 0.25) is 5.91 Å². The van der Waals surface area contributed by atoms with E-state index in [1.54, 1.807) is 0 Å². The lowest BCUT2D eigenvalue weighted by Gasteiger charge is -2.22. The number of hydrogen-bond donors (Lipinski definition) is 3. The van der Waals surface area contributed by atoms with Gasteiger partial charge in [0.15, 0.2) is 0 Å². The standard InChI is InChI=1S/C47H81NO3/c1-3-5-7-9-11-13-14-15-16-17-18-19-20-21-22-23-24-25-26-27-28-29-30-31-32-33-34-35-37-39-41-43-47(51)48-45(44-49)46(50)42-40-38-36-12-10-8-6-4-2/h5,7,11,13,15-16,18-19,21-22,24-25,27-28,45-46,49-50H,3-4,6,8-10,12,14,17,20,23,26,29-44H2,1-2H3,(H,48,51)/b7-5-,13-11-,16-15-,19-18-,22-21-,25-24-,28-27-. The lowest BCUT2D eigenvalue weighted by atomic mass is 10.0. The molecule has 2 unspecified atom stereocenters. The molecule has 4 nitrogen and oxygen atoms in total. The molecule has 0 aliphatic carbocycles. The fraction of sp³-hybridized carbons (Fsp3) is 0.681. The van der Waals surface area contributed by atoms with Gasteiger partial charge in [-0.25, -0.2) is 0 Å². The number of carbonyl (C=O) groups excluding carboxylic acids is 1. The first kappa shape index (κ1) is 48.6. The lowest BCUT2D eigenvalue weighted by molar-refractivity contribution is -0.123. The molecule has 0 aromatic carbocycles. The normalized spacial score (nSPS) is 13.9. The van der Waals surface area contributed by atoms with Crippen LogP contribution < -0.4 is 5.32 Å². The van der Waals surface area contributed by atoms with Gasteiger partial charge in [-0.3, -0.25) is 4.79 Å². The van der Waals surface area contributed by atoms with Gasteiger partial charge in [0.05, 0.1) is 18.8 Å². The highest BCUT2D eigenvalue weighted by molar-refractivity contribution is 5.76. The van der Waals surface area contributed by atoms with Gasteiger partial charge in [0.25, 0.3) is 0 Å². The molecule has 292 valence electrons. The Morgan fingerprint density at radius 2 is 0.863 bits per heavy atom. The Labute approximate surface area is 316 Å². The minimum atomic E-state index is -0.664. The van der Waals surface area contributed by atoms with Gasteiger partial charge in [0, 0.05) is 6.42 Å². The molecule has 0 saturated heterocycles. The number of rotatable bonds is 37. The molecule has 0 fully saturated rings. The largest absolute Gasteiger partial charge is 0.394 e. The second kappa shape index (κ2) is 42.0. The van der Waals surface area contributed by atoms with Crippen molar-refractivity contribution in [1.82, 2.24) is 5.32 Å². The van der Waals surface area contributed by atoms with Gasteiger partial charge in [-0.2, -0.15) is 0 Å². The van der Waals surface area contributed by atoms with Crippen LogP contribution in [0.4, 0.5) is 0 Å². The molecule has 0 aromatic rings. The predicted octanol–water partition coefficient (Wildman–Crippen LogP) is 13.3. The average Bonchev–Trinajstić information content (AvgIpc) is 3.13. The van der Waals surface area contributed by atoms with Gasteiger partial charge in [0.1, 0.15) is 0 Å². The van der Waals surface area contributed by atoms with E-state index < -0.39 is 12.1 Å². The van der Waals surface area contributed by atoms with Crippen LogP contribution in [-0.4, -0.2) is 34.9 Å². The molecule has 0 bridgehead atoms. The van der Waals surface area contributed by atoms with Crippen molar-refractivity contribution < 1.29 is 15.0 Å². The highest BCUT2D eigenvalue weighted by Gasteiger charge is 2.19. The number of aliphatic hydroxyl groups excluding tert-OH is 2. The molecular weight excluding hydrogens is 627 g/mol. The average molecular weight is 708 g/mol. The maximum atomic E-state index is 12.3. The Morgan fingerprint density at radius 3 is 1.29 bits per heavy atom. The maximum absolute atomic E-state index is 12.3. The monoisotopic (exact) mass is 708 g/mol. The van der Waals surface area contributed by atoms with Crippen molar-refractivity contribution in [3.05, 3.63) is 85.1 Å². The van der Waals surface area contributed by atoms with Crippen LogP contribution in [0.3, 0.4) is 0 Å². The third-order valence-electron chi connectivity index (χ3n) is 9.17. The molecule has 0 aliphatic heterocycles. The van der Waals surface area contributed by atoms with Gasteiger partial charge >= 0.3 is 0 Å². The molecule has 1 amide bonds. The summed E-state index contributed by atoms with van der Waals surface area (Å²) in [5.41, 5.74) is 0. The van der Waals surface area contributed by atoms with Crippen molar-refractivity contribution in [3.63, 3.8) is 0 Å². The van der Waals surface area contributed by atoms with E-state index in [4.69, 9.17) is 0 Å². The zero-order valence-corrected chi connectivity index (χ0v) is 33.3. The van der Waals surface area contributed by atoms with Gasteiger partial charge < -0.3 is 15.5 Å². The third kappa shape index (κ3) is 38.6. The number of amides is 1. The van der Waals surface area contributed by atoms with Crippen LogP contribution in [0.5, 0.6) is 0 Å². The van der Waals surface area contributed by atoms with Crippen LogP contribution in [0.25, 0.3) is 0 Å². The van der Waals surface area contributed by atoms with E-state index in [1.807, 2.05) is 0 Å². The number of aliphatic hydroxyl groups is 2. The molecule has 0 aliphatic rings. The van der Waals surface area contributed by atoms with E-state index >= 15 is 0 Å². The van der Waals surface area contributed by atoms with E-state index in [9.17, 15) is 15.0 Å². The summed E-state index contributed by atoms with van der Waals surface area (Å²) in [6.07, 6.45) is 60.9. The summed E-state index contributed by atoms with van der Waals surface area (Å²) in [5, 5.41) is 23.0. The van der Waals surface area contributed by atoms with Crippen LogP contribution in [0.15, 0.2) is 85.1 Å². The highest BCUT2D eigenvalue weighted by atomic mass is 16.3. The van der Waals surface area contributed by atoms with Crippen molar-refractivity contribution in [2.24, 2.45) is 0 Å². The number of nitrogens with one attached hydrogen (secondary N) is 1. The van der Waals surface area contributed by atoms with Crippen LogP contribution >= 0.6 is 0 Å². The fourth-order valence-electron chi connectivity index (χ4n) is 5.93. The zero-order valence-electron chi connectivity index (χ0n) is 33.3. The molecule has 3 N–H and O–H groups in total. The molecule has 0 rings (SSSR count). The van der Waals surface area contributed by atoms with Gasteiger partial charge in [-0.05, 0) is 70.6 Å². The Morgan fingerprint density at radius 1 is 0.490 bits per heavy atom. The second-order valence-corrected chi connectivity index (χ2v) is 14.0. The molecule has 4 heteroatoms. The first-order chi connectivity index (χ1) is 25.2. The number of carbonyl (C=O) groups is 1. The predicted molar refractivity (Wildman–Crippen MR) is 225 cm³/mol. The van der Waals surface area contributed by atoms with Crippen LogP contribution in [-0.2, 0) is 4.79 Å². The Kier molecular flexibility index (Phi) is 40.0. The summed E-state index contributed by atoms with van der Waals surface area (Å²) in [7, 11) is 0. The minimum absolute atomic E-state index is 0.0459. The SMILES string of the molecule is CC/C=C\C/C=C\C/C=C\C/C=C\C/C=C\C/C=C\C/C=C\CCCCCCCCCCCC(=O)NC(CO)C(O)CCCCCCCCCC. The molecule has 2 atom stereocenters. The summed E-state index contributed by atoms with van der Waals surface area (Å²) in [6.45, 7) is 4.19. The topological polar surface area (TPSA) is 69.6 Å². The Hall–Kier alpha value is -2.43. The van der Waals surface area contributed by atoms with Gasteiger partial charge in [-0.15, -0.1) is 0 Å². The first-order valence-electron chi connectivity index (χ1n) is 21.3. The molecule has 51 heavy (non-hydrogen) atoms. The smallest absolute Gasteiger partial charge is 0.220 e. The van der Waals surface area contributed by atoms with Crippen LogP contribution in [0.2, 0.25) is 0 Å². The highest BCUT2D eigenvalue weighted by Crippen LogP contribution is 2.14. The van der Waals surface area contributed by atoms with Crippen molar-refractivity contribution >= 4 is 5.91 Å². The van der Waals surface area contributed by atoms with E-state index in [2.05, 4.69) is 104 Å². The Bertz CT molecular complexity index is 941. The van der Waals surface area contributed by atoms with Gasteiger partial charge in [-0.1, -0.05) is 195 Å². The van der Waals surface area contributed by atoms with E-state index in [0.717, 1.165) is 70.6 Å². The van der Waals surface area contributed by atoms with Crippen molar-refractivity contribution in [2.45, 2.75) is 199 Å². The van der Waals surface area contributed by atoms with E-state index in [0.29, 0.717) is 12.8 Å². The molecule has 0 saturated carbocycles. The summed E-state index contributed by atoms with van der Waals surface area (Å²) < 4.78 is 0. The quantitative estimate of drug-likeness (QED) is 0.0445. The Balaban J connectivity index is 3.57.